The predicted octanol–water partition coefficient (Wildman–Crippen LogP) is 0.727. The number of rotatable bonds is 5. The van der Waals surface area contributed by atoms with E-state index >= 15 is 0 Å². The molecule has 0 saturated heterocycles. The summed E-state index contributed by atoms with van der Waals surface area (Å²) >= 11 is 0. The molecular formula is C10H17N3O2. The number of hydrogen-bond donors (Lipinski definition) is 1. The lowest BCUT2D eigenvalue weighted by molar-refractivity contribution is -0.144. The molecule has 84 valence electrons. The number of imidazole rings is 1. The third-order valence-corrected chi connectivity index (χ3v) is 2.20. The van der Waals surface area contributed by atoms with Crippen molar-refractivity contribution in [3.63, 3.8) is 0 Å². The molecule has 0 amide bonds. The molecule has 1 aromatic heterocycles. The van der Waals surface area contributed by atoms with Crippen molar-refractivity contribution in [1.82, 2.24) is 14.9 Å². The molecule has 5 nitrogen and oxygen atoms in total. The first kappa shape index (κ1) is 11.7. The number of carbonyl (C=O) groups excluding carboxylic acids is 1. The Kier molecular flexibility index (Phi) is 4.30. The van der Waals surface area contributed by atoms with Crippen molar-refractivity contribution in [3.8, 4) is 0 Å². The zero-order valence-corrected chi connectivity index (χ0v) is 9.36. The number of carbonyl (C=O) groups is 1. The molecule has 1 N–H and O–H groups in total. The van der Waals surface area contributed by atoms with Crippen LogP contribution in [-0.2, 0) is 16.1 Å². The monoisotopic (exact) mass is 211 g/mol. The SMILES string of the molecule is CCNCc1cn(C(C)C(=O)OC)cn1. The number of nitrogens with one attached hydrogen (secondary N) is 1. The Hall–Kier alpha value is -1.36. The summed E-state index contributed by atoms with van der Waals surface area (Å²) in [7, 11) is 1.38. The van der Waals surface area contributed by atoms with Gasteiger partial charge in [0.15, 0.2) is 0 Å². The van der Waals surface area contributed by atoms with Gasteiger partial charge < -0.3 is 14.6 Å². The number of nitrogens with zero attached hydrogens (tertiary/aromatic N) is 2. The van der Waals surface area contributed by atoms with Crippen molar-refractivity contribution in [2.75, 3.05) is 13.7 Å². The second kappa shape index (κ2) is 5.50. The van der Waals surface area contributed by atoms with E-state index in [2.05, 4.69) is 15.0 Å². The van der Waals surface area contributed by atoms with Gasteiger partial charge in [0, 0.05) is 12.7 Å². The summed E-state index contributed by atoms with van der Waals surface area (Å²) in [6.07, 6.45) is 3.50. The first-order valence-corrected chi connectivity index (χ1v) is 5.00. The van der Waals surface area contributed by atoms with E-state index in [0.29, 0.717) is 0 Å². The number of methoxy groups -OCH3 is 1. The highest BCUT2D eigenvalue weighted by Gasteiger charge is 2.14. The Morgan fingerprint density at radius 3 is 3.07 bits per heavy atom. The molecule has 1 rings (SSSR count). The molecule has 0 aliphatic rings. The second-order valence-corrected chi connectivity index (χ2v) is 3.29. The molecule has 0 bridgehead atoms. The Morgan fingerprint density at radius 2 is 2.47 bits per heavy atom. The van der Waals surface area contributed by atoms with Crippen molar-refractivity contribution >= 4 is 5.97 Å². The molecule has 15 heavy (non-hydrogen) atoms. The fourth-order valence-corrected chi connectivity index (χ4v) is 1.23. The lowest BCUT2D eigenvalue weighted by Crippen LogP contribution is -2.16. The van der Waals surface area contributed by atoms with Gasteiger partial charge >= 0.3 is 5.97 Å². The van der Waals surface area contributed by atoms with Crippen LogP contribution >= 0.6 is 0 Å². The van der Waals surface area contributed by atoms with Crippen LogP contribution < -0.4 is 5.32 Å². The van der Waals surface area contributed by atoms with Crippen LogP contribution in [0.4, 0.5) is 0 Å². The highest BCUT2D eigenvalue weighted by Crippen LogP contribution is 2.08. The molecule has 1 heterocycles. The van der Waals surface area contributed by atoms with Gasteiger partial charge in [0.05, 0.1) is 19.1 Å². The van der Waals surface area contributed by atoms with Gasteiger partial charge in [-0.25, -0.2) is 9.78 Å². The molecular weight excluding hydrogens is 194 g/mol. The maximum atomic E-state index is 11.2. The lowest BCUT2D eigenvalue weighted by atomic mass is 10.3. The normalized spacial score (nSPS) is 12.5. The zero-order valence-electron chi connectivity index (χ0n) is 9.36. The van der Waals surface area contributed by atoms with E-state index in [1.807, 2.05) is 13.1 Å². The minimum absolute atomic E-state index is 0.262. The van der Waals surface area contributed by atoms with Gasteiger partial charge in [-0.1, -0.05) is 6.92 Å². The van der Waals surface area contributed by atoms with Gasteiger partial charge in [0.2, 0.25) is 0 Å². The first-order chi connectivity index (χ1) is 7.19. The van der Waals surface area contributed by atoms with E-state index in [9.17, 15) is 4.79 Å². The van der Waals surface area contributed by atoms with Crippen molar-refractivity contribution < 1.29 is 9.53 Å². The molecule has 0 aliphatic carbocycles. The molecule has 0 aromatic carbocycles. The average Bonchev–Trinajstić information content (AvgIpc) is 2.72. The minimum Gasteiger partial charge on any atom is -0.467 e. The molecule has 1 atom stereocenters. The predicted molar refractivity (Wildman–Crippen MR) is 56.3 cm³/mol. The number of esters is 1. The van der Waals surface area contributed by atoms with Crippen molar-refractivity contribution in [3.05, 3.63) is 18.2 Å². The molecule has 5 heteroatoms. The van der Waals surface area contributed by atoms with E-state index in [1.54, 1.807) is 17.8 Å². The van der Waals surface area contributed by atoms with Gasteiger partial charge in [-0.3, -0.25) is 0 Å². The van der Waals surface area contributed by atoms with Gasteiger partial charge in [0.25, 0.3) is 0 Å². The Balaban J connectivity index is 2.62. The van der Waals surface area contributed by atoms with Crippen molar-refractivity contribution in [2.45, 2.75) is 26.4 Å². The molecule has 0 saturated carbocycles. The molecule has 0 radical (unpaired) electrons. The summed E-state index contributed by atoms with van der Waals surface area (Å²) in [5.74, 6) is -0.262. The molecule has 0 aliphatic heterocycles. The Labute approximate surface area is 89.4 Å². The number of aromatic nitrogens is 2. The van der Waals surface area contributed by atoms with Crippen LogP contribution in [0.3, 0.4) is 0 Å². The fraction of sp³-hybridized carbons (Fsp3) is 0.600. The maximum absolute atomic E-state index is 11.2. The van der Waals surface area contributed by atoms with Crippen LogP contribution in [0.15, 0.2) is 12.5 Å². The number of hydrogen-bond acceptors (Lipinski definition) is 4. The summed E-state index contributed by atoms with van der Waals surface area (Å²) in [6, 6.07) is -0.321. The topological polar surface area (TPSA) is 56.2 Å². The fourth-order valence-electron chi connectivity index (χ4n) is 1.23. The van der Waals surface area contributed by atoms with Crippen molar-refractivity contribution in [2.24, 2.45) is 0 Å². The van der Waals surface area contributed by atoms with Gasteiger partial charge in [-0.05, 0) is 13.5 Å². The molecule has 1 unspecified atom stereocenters. The third-order valence-electron chi connectivity index (χ3n) is 2.20. The van der Waals surface area contributed by atoms with E-state index in [0.717, 1.165) is 18.8 Å². The minimum atomic E-state index is -0.321. The van der Waals surface area contributed by atoms with Crippen molar-refractivity contribution in [1.29, 1.82) is 0 Å². The summed E-state index contributed by atoms with van der Waals surface area (Å²) in [5, 5.41) is 3.17. The highest BCUT2D eigenvalue weighted by atomic mass is 16.5. The quantitative estimate of drug-likeness (QED) is 0.729. The van der Waals surface area contributed by atoms with Crippen LogP contribution in [0.25, 0.3) is 0 Å². The zero-order chi connectivity index (χ0) is 11.3. The van der Waals surface area contributed by atoms with Crippen LogP contribution in [0.5, 0.6) is 0 Å². The van der Waals surface area contributed by atoms with Crippen LogP contribution in [-0.4, -0.2) is 29.2 Å². The largest absolute Gasteiger partial charge is 0.467 e. The van der Waals surface area contributed by atoms with E-state index in [1.165, 1.54) is 7.11 Å². The van der Waals surface area contributed by atoms with Crippen LogP contribution in [0.2, 0.25) is 0 Å². The molecule has 0 fully saturated rings. The van der Waals surface area contributed by atoms with E-state index < -0.39 is 0 Å². The second-order valence-electron chi connectivity index (χ2n) is 3.29. The molecule has 1 aromatic rings. The van der Waals surface area contributed by atoms with E-state index in [-0.39, 0.29) is 12.0 Å². The standard InChI is InChI=1S/C10H17N3O2/c1-4-11-5-9-6-13(7-12-9)8(2)10(14)15-3/h6-8,11H,4-5H2,1-3H3. The molecule has 0 spiro atoms. The van der Waals surface area contributed by atoms with Gasteiger partial charge in [-0.15, -0.1) is 0 Å². The summed E-state index contributed by atoms with van der Waals surface area (Å²) in [4.78, 5) is 15.4. The van der Waals surface area contributed by atoms with Crippen LogP contribution in [0, 0.1) is 0 Å². The smallest absolute Gasteiger partial charge is 0.328 e. The number of ether oxygens (including phenoxy) is 1. The Morgan fingerprint density at radius 1 is 1.73 bits per heavy atom. The Bertz CT molecular complexity index is 322. The maximum Gasteiger partial charge on any atom is 0.328 e. The van der Waals surface area contributed by atoms with Crippen LogP contribution in [0.1, 0.15) is 25.6 Å². The first-order valence-electron chi connectivity index (χ1n) is 5.00. The average molecular weight is 211 g/mol. The highest BCUT2D eigenvalue weighted by molar-refractivity contribution is 5.73. The van der Waals surface area contributed by atoms with E-state index in [4.69, 9.17) is 0 Å². The van der Waals surface area contributed by atoms with Gasteiger partial charge in [-0.2, -0.15) is 0 Å². The summed E-state index contributed by atoms with van der Waals surface area (Å²) < 4.78 is 6.40. The van der Waals surface area contributed by atoms with Gasteiger partial charge in [0.1, 0.15) is 6.04 Å². The summed E-state index contributed by atoms with van der Waals surface area (Å²) in [5.41, 5.74) is 0.924. The third kappa shape index (κ3) is 3.06. The summed E-state index contributed by atoms with van der Waals surface area (Å²) in [6.45, 7) is 5.44. The lowest BCUT2D eigenvalue weighted by Gasteiger charge is -2.09.